The number of nitro benzene ring substituents is 1. The van der Waals surface area contributed by atoms with Gasteiger partial charge in [0.15, 0.2) is 0 Å². The summed E-state index contributed by atoms with van der Waals surface area (Å²) in [7, 11) is 0. The number of rotatable bonds is 5. The van der Waals surface area contributed by atoms with E-state index in [1.54, 1.807) is 12.1 Å². The zero-order valence-corrected chi connectivity index (χ0v) is 17.2. The fraction of sp³-hybridized carbons (Fsp3) is 0.263. The molecular formula is C19H18ClN5O3S. The predicted molar refractivity (Wildman–Crippen MR) is 115 cm³/mol. The summed E-state index contributed by atoms with van der Waals surface area (Å²) in [5.41, 5.74) is 3.10. The average Bonchev–Trinajstić information content (AvgIpc) is 3.19. The standard InChI is InChI=1S/C19H18ClN5O3S/c1-12-2-4-14(11-15(12)20)21-19-23-22-18(29-19)13-3-5-16(17(10-13)25(26)27)24-6-8-28-9-7-24/h2-5,10-11H,6-9H2,1H3,(H,21,23). The topological polar surface area (TPSA) is 93.4 Å². The van der Waals surface area contributed by atoms with Crippen LogP contribution in [0.25, 0.3) is 10.6 Å². The highest BCUT2D eigenvalue weighted by molar-refractivity contribution is 7.18. The Morgan fingerprint density at radius 1 is 1.21 bits per heavy atom. The van der Waals surface area contributed by atoms with E-state index in [1.165, 1.54) is 11.3 Å². The molecule has 150 valence electrons. The molecule has 3 aromatic rings. The van der Waals surface area contributed by atoms with Crippen molar-refractivity contribution < 1.29 is 9.66 Å². The highest BCUT2D eigenvalue weighted by Crippen LogP contribution is 2.36. The van der Waals surface area contributed by atoms with Crippen LogP contribution >= 0.6 is 22.9 Å². The molecule has 0 aliphatic carbocycles. The first-order valence-electron chi connectivity index (χ1n) is 8.99. The van der Waals surface area contributed by atoms with Crippen LogP contribution in [0.1, 0.15) is 5.56 Å². The molecule has 0 amide bonds. The quantitative estimate of drug-likeness (QED) is 0.464. The Balaban J connectivity index is 1.59. The summed E-state index contributed by atoms with van der Waals surface area (Å²) in [4.78, 5) is 13.3. The Labute approximate surface area is 176 Å². The molecule has 1 aromatic heterocycles. The summed E-state index contributed by atoms with van der Waals surface area (Å²) in [6.45, 7) is 4.32. The first kappa shape index (κ1) is 19.6. The molecule has 1 aliphatic heterocycles. The van der Waals surface area contributed by atoms with Crippen molar-refractivity contribution in [3.05, 3.63) is 57.1 Å². The summed E-state index contributed by atoms with van der Waals surface area (Å²) in [5, 5.41) is 25.0. The van der Waals surface area contributed by atoms with Crippen molar-refractivity contribution in [3.8, 4) is 10.6 Å². The number of aryl methyl sites for hydroxylation is 1. The molecule has 29 heavy (non-hydrogen) atoms. The monoisotopic (exact) mass is 431 g/mol. The van der Waals surface area contributed by atoms with Crippen molar-refractivity contribution >= 4 is 45.1 Å². The number of morpholine rings is 1. The second-order valence-corrected chi connectivity index (χ2v) is 7.95. The zero-order valence-electron chi connectivity index (χ0n) is 15.6. The van der Waals surface area contributed by atoms with E-state index in [0.29, 0.717) is 52.7 Å². The predicted octanol–water partition coefficient (Wildman–Crippen LogP) is 4.66. The number of nitrogens with one attached hydrogen (secondary N) is 1. The molecule has 8 nitrogen and oxygen atoms in total. The van der Waals surface area contributed by atoms with Crippen molar-refractivity contribution in [2.24, 2.45) is 0 Å². The highest BCUT2D eigenvalue weighted by atomic mass is 35.5. The number of halogens is 1. The van der Waals surface area contributed by atoms with Crippen molar-refractivity contribution in [1.82, 2.24) is 10.2 Å². The van der Waals surface area contributed by atoms with Gasteiger partial charge in [-0.1, -0.05) is 29.0 Å². The molecule has 1 fully saturated rings. The lowest BCUT2D eigenvalue weighted by molar-refractivity contribution is -0.384. The van der Waals surface area contributed by atoms with Gasteiger partial charge in [0.25, 0.3) is 5.69 Å². The molecule has 0 spiro atoms. The van der Waals surface area contributed by atoms with Crippen molar-refractivity contribution in [3.63, 3.8) is 0 Å². The van der Waals surface area contributed by atoms with Crippen LogP contribution in [0.15, 0.2) is 36.4 Å². The van der Waals surface area contributed by atoms with Crippen LogP contribution in [0.2, 0.25) is 5.02 Å². The fourth-order valence-electron chi connectivity index (χ4n) is 3.06. The largest absolute Gasteiger partial charge is 0.378 e. The molecule has 4 rings (SSSR count). The molecule has 10 heteroatoms. The van der Waals surface area contributed by atoms with Crippen LogP contribution in [-0.2, 0) is 4.74 Å². The third-order valence-corrected chi connectivity index (χ3v) is 5.91. The molecule has 1 N–H and O–H groups in total. The minimum Gasteiger partial charge on any atom is -0.378 e. The number of anilines is 3. The van der Waals surface area contributed by atoms with Gasteiger partial charge in [-0.25, -0.2) is 0 Å². The normalized spacial score (nSPS) is 14.1. The molecule has 0 saturated carbocycles. The Kier molecular flexibility index (Phi) is 5.61. The van der Waals surface area contributed by atoms with Gasteiger partial charge in [0.2, 0.25) is 5.13 Å². The van der Waals surface area contributed by atoms with Gasteiger partial charge in [0, 0.05) is 35.4 Å². The van der Waals surface area contributed by atoms with Crippen LogP contribution in [0, 0.1) is 17.0 Å². The fourth-order valence-corrected chi connectivity index (χ4v) is 4.00. The van der Waals surface area contributed by atoms with E-state index in [9.17, 15) is 10.1 Å². The van der Waals surface area contributed by atoms with Gasteiger partial charge >= 0.3 is 0 Å². The minimum absolute atomic E-state index is 0.0550. The third-order valence-electron chi connectivity index (χ3n) is 4.62. The molecule has 2 aromatic carbocycles. The minimum atomic E-state index is -0.358. The summed E-state index contributed by atoms with van der Waals surface area (Å²) in [6.07, 6.45) is 0. The Morgan fingerprint density at radius 2 is 2.00 bits per heavy atom. The van der Waals surface area contributed by atoms with Crippen LogP contribution in [0.5, 0.6) is 0 Å². The first-order chi connectivity index (χ1) is 14.0. The van der Waals surface area contributed by atoms with Gasteiger partial charge in [-0.2, -0.15) is 0 Å². The third kappa shape index (κ3) is 4.31. The second-order valence-electron chi connectivity index (χ2n) is 6.56. The van der Waals surface area contributed by atoms with Crippen LogP contribution < -0.4 is 10.2 Å². The summed E-state index contributed by atoms with van der Waals surface area (Å²) in [6, 6.07) is 10.8. The molecule has 2 heterocycles. The lowest BCUT2D eigenvalue weighted by atomic mass is 10.1. The number of benzene rings is 2. The van der Waals surface area contributed by atoms with Crippen LogP contribution in [0.3, 0.4) is 0 Å². The average molecular weight is 432 g/mol. The summed E-state index contributed by atoms with van der Waals surface area (Å²) >= 11 is 7.48. The zero-order chi connectivity index (χ0) is 20.4. The van der Waals surface area contributed by atoms with Gasteiger partial charge in [0.05, 0.1) is 18.1 Å². The van der Waals surface area contributed by atoms with E-state index in [1.807, 2.05) is 36.1 Å². The molecule has 1 aliphatic rings. The Morgan fingerprint density at radius 3 is 2.72 bits per heavy atom. The number of ether oxygens (including phenoxy) is 1. The van der Waals surface area contributed by atoms with Crippen LogP contribution in [-0.4, -0.2) is 41.4 Å². The van der Waals surface area contributed by atoms with Gasteiger partial charge < -0.3 is 15.0 Å². The number of nitrogens with zero attached hydrogens (tertiary/aromatic N) is 4. The highest BCUT2D eigenvalue weighted by Gasteiger charge is 2.23. The number of hydrogen-bond donors (Lipinski definition) is 1. The Bertz CT molecular complexity index is 1050. The molecule has 0 unspecified atom stereocenters. The van der Waals surface area contributed by atoms with Crippen molar-refractivity contribution in [1.29, 1.82) is 0 Å². The molecule has 0 bridgehead atoms. The van der Waals surface area contributed by atoms with E-state index >= 15 is 0 Å². The van der Waals surface area contributed by atoms with Gasteiger partial charge in [-0.05, 0) is 36.8 Å². The number of aromatic nitrogens is 2. The molecule has 0 radical (unpaired) electrons. The smallest absolute Gasteiger partial charge is 0.293 e. The van der Waals surface area contributed by atoms with E-state index in [2.05, 4.69) is 15.5 Å². The SMILES string of the molecule is Cc1ccc(Nc2nnc(-c3ccc(N4CCOCC4)c([N+](=O)[O-])c3)s2)cc1Cl. The van der Waals surface area contributed by atoms with Crippen molar-refractivity contribution in [2.75, 3.05) is 36.5 Å². The molecular weight excluding hydrogens is 414 g/mol. The second kappa shape index (κ2) is 8.32. The molecule has 1 saturated heterocycles. The van der Waals surface area contributed by atoms with Crippen LogP contribution in [0.4, 0.5) is 22.2 Å². The van der Waals surface area contributed by atoms with E-state index < -0.39 is 0 Å². The number of hydrogen-bond acceptors (Lipinski definition) is 8. The van der Waals surface area contributed by atoms with E-state index in [-0.39, 0.29) is 10.6 Å². The first-order valence-corrected chi connectivity index (χ1v) is 10.2. The Hall–Kier alpha value is -2.75. The lowest BCUT2D eigenvalue weighted by Crippen LogP contribution is -2.36. The number of nitro groups is 1. The van der Waals surface area contributed by atoms with E-state index in [0.717, 1.165) is 11.3 Å². The van der Waals surface area contributed by atoms with Gasteiger partial charge in [-0.15, -0.1) is 10.2 Å². The summed E-state index contributed by atoms with van der Waals surface area (Å²) in [5.74, 6) is 0. The van der Waals surface area contributed by atoms with Gasteiger partial charge in [-0.3, -0.25) is 10.1 Å². The molecule has 0 atom stereocenters. The van der Waals surface area contributed by atoms with Crippen molar-refractivity contribution in [2.45, 2.75) is 6.92 Å². The maximum absolute atomic E-state index is 11.6. The summed E-state index contributed by atoms with van der Waals surface area (Å²) < 4.78 is 5.34. The maximum Gasteiger partial charge on any atom is 0.293 e. The maximum atomic E-state index is 11.6. The lowest BCUT2D eigenvalue weighted by Gasteiger charge is -2.28. The van der Waals surface area contributed by atoms with Gasteiger partial charge in [0.1, 0.15) is 10.7 Å². The van der Waals surface area contributed by atoms with E-state index in [4.69, 9.17) is 16.3 Å².